The van der Waals surface area contributed by atoms with E-state index in [0.29, 0.717) is 13.0 Å². The zero-order chi connectivity index (χ0) is 13.8. The Morgan fingerprint density at radius 3 is 2.68 bits per heavy atom. The van der Waals surface area contributed by atoms with Crippen LogP contribution in [-0.2, 0) is 14.3 Å². The molecule has 1 amide bonds. The summed E-state index contributed by atoms with van der Waals surface area (Å²) < 4.78 is 5.62. The summed E-state index contributed by atoms with van der Waals surface area (Å²) in [5.74, 6) is -0.102. The zero-order valence-electron chi connectivity index (χ0n) is 10.8. The smallest absolute Gasteiger partial charge is 0.325 e. The highest BCUT2D eigenvalue weighted by atomic mass is 79.9. The van der Waals surface area contributed by atoms with Gasteiger partial charge in [-0.3, -0.25) is 9.59 Å². The van der Waals surface area contributed by atoms with Crippen molar-refractivity contribution in [3.05, 3.63) is 34.3 Å². The number of carbonyl (C=O) groups is 2. The summed E-state index contributed by atoms with van der Waals surface area (Å²) in [6, 6.07) is 8.05. The number of methoxy groups -OCH3 is 1. The van der Waals surface area contributed by atoms with Crippen LogP contribution in [0.15, 0.2) is 28.7 Å². The minimum Gasteiger partial charge on any atom is -0.468 e. The molecule has 0 spiro atoms. The van der Waals surface area contributed by atoms with Gasteiger partial charge in [-0.25, -0.2) is 0 Å². The molecule has 1 fully saturated rings. The van der Waals surface area contributed by atoms with Gasteiger partial charge in [0, 0.05) is 17.4 Å². The van der Waals surface area contributed by atoms with E-state index in [-0.39, 0.29) is 24.3 Å². The third kappa shape index (κ3) is 3.56. The van der Waals surface area contributed by atoms with Gasteiger partial charge in [0.05, 0.1) is 7.11 Å². The van der Waals surface area contributed by atoms with Gasteiger partial charge in [-0.2, -0.15) is 0 Å². The van der Waals surface area contributed by atoms with E-state index in [0.717, 1.165) is 10.9 Å². The van der Waals surface area contributed by atoms with Gasteiger partial charge in [-0.15, -0.1) is 0 Å². The van der Waals surface area contributed by atoms with E-state index in [1.54, 1.807) is 4.90 Å². The molecule has 0 aliphatic carbocycles. The maximum Gasteiger partial charge on any atom is 0.325 e. The molecular formula is C14H16BrNO3. The van der Waals surface area contributed by atoms with Gasteiger partial charge in [-0.05, 0) is 30.0 Å². The van der Waals surface area contributed by atoms with Crippen LogP contribution in [0, 0.1) is 0 Å². The van der Waals surface area contributed by atoms with E-state index in [4.69, 9.17) is 0 Å². The Labute approximate surface area is 120 Å². The largest absolute Gasteiger partial charge is 0.468 e. The molecule has 1 atom stereocenters. The Morgan fingerprint density at radius 2 is 2.11 bits per heavy atom. The molecule has 0 bridgehead atoms. The number of ether oxygens (including phenoxy) is 1. The summed E-state index contributed by atoms with van der Waals surface area (Å²) in [6.07, 6.45) is 1.34. The van der Waals surface area contributed by atoms with Crippen molar-refractivity contribution in [2.45, 2.75) is 18.8 Å². The van der Waals surface area contributed by atoms with Gasteiger partial charge in [0.15, 0.2) is 0 Å². The number of rotatable bonds is 3. The molecule has 1 unspecified atom stereocenters. The molecule has 0 saturated carbocycles. The average Bonchev–Trinajstić information content (AvgIpc) is 2.41. The second-order valence-corrected chi connectivity index (χ2v) is 5.55. The summed E-state index contributed by atoms with van der Waals surface area (Å²) in [7, 11) is 1.33. The fraction of sp³-hybridized carbons (Fsp3) is 0.429. The summed E-state index contributed by atoms with van der Waals surface area (Å²) >= 11 is 3.40. The number of piperidine rings is 1. The van der Waals surface area contributed by atoms with Crippen molar-refractivity contribution in [3.63, 3.8) is 0 Å². The normalized spacial score (nSPS) is 19.4. The molecule has 1 aliphatic heterocycles. The summed E-state index contributed by atoms with van der Waals surface area (Å²) in [4.78, 5) is 24.8. The molecule has 1 saturated heterocycles. The van der Waals surface area contributed by atoms with Crippen molar-refractivity contribution in [2.24, 2.45) is 0 Å². The second kappa shape index (κ2) is 6.19. The lowest BCUT2D eigenvalue weighted by atomic mass is 9.89. The Morgan fingerprint density at radius 1 is 1.42 bits per heavy atom. The molecule has 5 heteroatoms. The van der Waals surface area contributed by atoms with Crippen LogP contribution in [-0.4, -0.2) is 37.0 Å². The maximum absolute atomic E-state index is 12.0. The lowest BCUT2D eigenvalue weighted by Crippen LogP contribution is -2.41. The van der Waals surface area contributed by atoms with Crippen LogP contribution in [0.1, 0.15) is 24.3 Å². The number of hydrogen-bond donors (Lipinski definition) is 0. The Balaban J connectivity index is 1.98. The molecule has 1 heterocycles. The molecular weight excluding hydrogens is 310 g/mol. The number of hydrogen-bond acceptors (Lipinski definition) is 3. The molecule has 102 valence electrons. The first-order valence-electron chi connectivity index (χ1n) is 6.20. The predicted octanol–water partition coefficient (Wildman–Crippen LogP) is 2.33. The van der Waals surface area contributed by atoms with E-state index in [1.165, 1.54) is 12.7 Å². The number of halogens is 1. The van der Waals surface area contributed by atoms with Gasteiger partial charge in [0.25, 0.3) is 0 Å². The number of benzene rings is 1. The van der Waals surface area contributed by atoms with Crippen molar-refractivity contribution < 1.29 is 14.3 Å². The highest BCUT2D eigenvalue weighted by molar-refractivity contribution is 9.10. The molecule has 1 aromatic rings. The van der Waals surface area contributed by atoms with Gasteiger partial charge in [0.2, 0.25) is 5.91 Å². The number of esters is 1. The number of likely N-dealkylation sites (tertiary alicyclic amines) is 1. The molecule has 2 rings (SSSR count). The van der Waals surface area contributed by atoms with Gasteiger partial charge >= 0.3 is 5.97 Å². The molecule has 0 N–H and O–H groups in total. The standard InChI is InChI=1S/C14H16BrNO3/c1-19-14(18)9-16-7-6-11(8-13(16)17)10-2-4-12(15)5-3-10/h2-5,11H,6-9H2,1H3. The summed E-state index contributed by atoms with van der Waals surface area (Å²) in [5.41, 5.74) is 1.18. The Bertz CT molecular complexity index is 472. The van der Waals surface area contributed by atoms with E-state index in [9.17, 15) is 9.59 Å². The van der Waals surface area contributed by atoms with Gasteiger partial charge < -0.3 is 9.64 Å². The third-order valence-electron chi connectivity index (χ3n) is 3.41. The first-order chi connectivity index (χ1) is 9.10. The molecule has 19 heavy (non-hydrogen) atoms. The van der Waals surface area contributed by atoms with Crippen molar-refractivity contribution in [1.82, 2.24) is 4.90 Å². The quantitative estimate of drug-likeness (QED) is 0.801. The molecule has 1 aliphatic rings. The fourth-order valence-electron chi connectivity index (χ4n) is 2.29. The molecule has 0 radical (unpaired) electrons. The minimum absolute atomic E-state index is 0.0181. The topological polar surface area (TPSA) is 46.6 Å². The van der Waals surface area contributed by atoms with E-state index in [1.807, 2.05) is 24.3 Å². The van der Waals surface area contributed by atoms with E-state index < -0.39 is 0 Å². The number of nitrogens with zero attached hydrogens (tertiary/aromatic N) is 1. The highest BCUT2D eigenvalue weighted by Crippen LogP contribution is 2.29. The van der Waals surface area contributed by atoms with Crippen LogP contribution in [0.3, 0.4) is 0 Å². The van der Waals surface area contributed by atoms with Crippen molar-refractivity contribution in [2.75, 3.05) is 20.2 Å². The van der Waals surface area contributed by atoms with E-state index in [2.05, 4.69) is 20.7 Å². The highest BCUT2D eigenvalue weighted by Gasteiger charge is 2.28. The first-order valence-corrected chi connectivity index (χ1v) is 6.99. The van der Waals surface area contributed by atoms with Crippen molar-refractivity contribution >= 4 is 27.8 Å². The van der Waals surface area contributed by atoms with Crippen LogP contribution in [0.25, 0.3) is 0 Å². The van der Waals surface area contributed by atoms with Crippen LogP contribution < -0.4 is 0 Å². The third-order valence-corrected chi connectivity index (χ3v) is 3.94. The van der Waals surface area contributed by atoms with Crippen LogP contribution in [0.4, 0.5) is 0 Å². The zero-order valence-corrected chi connectivity index (χ0v) is 12.4. The Hall–Kier alpha value is -1.36. The lowest BCUT2D eigenvalue weighted by molar-refractivity contribution is -0.148. The molecule has 0 aromatic heterocycles. The van der Waals surface area contributed by atoms with Crippen LogP contribution in [0.5, 0.6) is 0 Å². The minimum atomic E-state index is -0.365. The number of carbonyl (C=O) groups excluding carboxylic acids is 2. The molecule has 4 nitrogen and oxygen atoms in total. The predicted molar refractivity (Wildman–Crippen MR) is 74.7 cm³/mol. The average molecular weight is 326 g/mol. The second-order valence-electron chi connectivity index (χ2n) is 4.63. The van der Waals surface area contributed by atoms with Crippen LogP contribution in [0.2, 0.25) is 0 Å². The van der Waals surface area contributed by atoms with Gasteiger partial charge in [-0.1, -0.05) is 28.1 Å². The lowest BCUT2D eigenvalue weighted by Gasteiger charge is -2.31. The first kappa shape index (κ1) is 14.1. The molecule has 1 aromatic carbocycles. The van der Waals surface area contributed by atoms with E-state index >= 15 is 0 Å². The fourth-order valence-corrected chi connectivity index (χ4v) is 2.55. The monoisotopic (exact) mass is 325 g/mol. The summed E-state index contributed by atoms with van der Waals surface area (Å²) in [6.45, 7) is 0.664. The van der Waals surface area contributed by atoms with Gasteiger partial charge in [0.1, 0.15) is 6.54 Å². The van der Waals surface area contributed by atoms with Crippen molar-refractivity contribution in [3.8, 4) is 0 Å². The number of amides is 1. The maximum atomic E-state index is 12.0. The Kier molecular flexibility index (Phi) is 4.58. The van der Waals surface area contributed by atoms with Crippen molar-refractivity contribution in [1.29, 1.82) is 0 Å². The van der Waals surface area contributed by atoms with Crippen LogP contribution >= 0.6 is 15.9 Å². The summed E-state index contributed by atoms with van der Waals surface area (Å²) in [5, 5.41) is 0. The SMILES string of the molecule is COC(=O)CN1CCC(c2ccc(Br)cc2)CC1=O.